The SMILES string of the molecule is CC1CCC(Nc2cccc(Cl)c2N)CC1C. The summed E-state index contributed by atoms with van der Waals surface area (Å²) in [6.07, 6.45) is 3.73. The third-order valence-electron chi connectivity index (χ3n) is 4.01. The number of nitrogens with two attached hydrogens (primary N) is 1. The Morgan fingerprint density at radius 3 is 2.71 bits per heavy atom. The highest BCUT2D eigenvalue weighted by molar-refractivity contribution is 6.33. The van der Waals surface area contributed by atoms with Crippen LogP contribution in [0.25, 0.3) is 0 Å². The Labute approximate surface area is 109 Å². The fourth-order valence-electron chi connectivity index (χ4n) is 2.56. The molecule has 3 unspecified atom stereocenters. The lowest BCUT2D eigenvalue weighted by molar-refractivity contribution is 0.261. The summed E-state index contributed by atoms with van der Waals surface area (Å²) in [5.74, 6) is 1.62. The molecule has 1 aromatic rings. The average Bonchev–Trinajstić information content (AvgIpc) is 2.30. The summed E-state index contributed by atoms with van der Waals surface area (Å²) in [4.78, 5) is 0. The molecule has 3 atom stereocenters. The van der Waals surface area contributed by atoms with E-state index in [1.807, 2.05) is 18.2 Å². The zero-order valence-corrected chi connectivity index (χ0v) is 11.3. The fraction of sp³-hybridized carbons (Fsp3) is 0.571. The summed E-state index contributed by atoms with van der Waals surface area (Å²) in [6, 6.07) is 6.30. The molecule has 0 heterocycles. The van der Waals surface area contributed by atoms with E-state index >= 15 is 0 Å². The maximum atomic E-state index is 6.02. The molecular weight excluding hydrogens is 232 g/mol. The van der Waals surface area contributed by atoms with E-state index in [2.05, 4.69) is 19.2 Å². The lowest BCUT2D eigenvalue weighted by Crippen LogP contribution is -2.30. The molecule has 2 rings (SSSR count). The van der Waals surface area contributed by atoms with Crippen LogP contribution < -0.4 is 11.1 Å². The largest absolute Gasteiger partial charge is 0.396 e. The number of para-hydroxylation sites is 1. The smallest absolute Gasteiger partial charge is 0.0739 e. The molecule has 0 aliphatic heterocycles. The predicted octanol–water partition coefficient (Wildman–Crippen LogP) is 4.16. The van der Waals surface area contributed by atoms with Crippen LogP contribution >= 0.6 is 11.6 Å². The molecule has 1 aromatic carbocycles. The number of anilines is 2. The van der Waals surface area contributed by atoms with Crippen molar-refractivity contribution in [3.63, 3.8) is 0 Å². The van der Waals surface area contributed by atoms with Crippen LogP contribution in [0.4, 0.5) is 11.4 Å². The first-order chi connectivity index (χ1) is 8.08. The van der Waals surface area contributed by atoms with Crippen LogP contribution in [0.5, 0.6) is 0 Å². The van der Waals surface area contributed by atoms with Gasteiger partial charge in [-0.3, -0.25) is 0 Å². The Bertz CT molecular complexity index is 392. The van der Waals surface area contributed by atoms with Gasteiger partial charge in [0.2, 0.25) is 0 Å². The van der Waals surface area contributed by atoms with Gasteiger partial charge in [0.1, 0.15) is 0 Å². The predicted molar refractivity (Wildman–Crippen MR) is 75.5 cm³/mol. The van der Waals surface area contributed by atoms with Crippen molar-refractivity contribution in [2.75, 3.05) is 11.1 Å². The molecular formula is C14H21ClN2. The Hall–Kier alpha value is -0.890. The third-order valence-corrected chi connectivity index (χ3v) is 4.34. The molecule has 3 N–H and O–H groups in total. The van der Waals surface area contributed by atoms with Crippen LogP contribution in [-0.2, 0) is 0 Å². The molecule has 17 heavy (non-hydrogen) atoms. The number of hydrogen-bond donors (Lipinski definition) is 2. The number of halogens is 1. The molecule has 2 nitrogen and oxygen atoms in total. The van der Waals surface area contributed by atoms with Crippen LogP contribution in [-0.4, -0.2) is 6.04 Å². The van der Waals surface area contributed by atoms with Crippen LogP contribution in [0.2, 0.25) is 5.02 Å². The van der Waals surface area contributed by atoms with E-state index in [0.717, 1.165) is 17.5 Å². The van der Waals surface area contributed by atoms with E-state index in [9.17, 15) is 0 Å². The Morgan fingerprint density at radius 2 is 2.00 bits per heavy atom. The number of hydrogen-bond acceptors (Lipinski definition) is 2. The minimum absolute atomic E-state index is 0.530. The molecule has 3 heteroatoms. The second-order valence-corrected chi connectivity index (χ2v) is 5.72. The van der Waals surface area contributed by atoms with Gasteiger partial charge in [-0.25, -0.2) is 0 Å². The molecule has 0 bridgehead atoms. The highest BCUT2D eigenvalue weighted by Gasteiger charge is 2.24. The third kappa shape index (κ3) is 2.86. The van der Waals surface area contributed by atoms with Gasteiger partial charge in [0, 0.05) is 6.04 Å². The van der Waals surface area contributed by atoms with Crippen molar-refractivity contribution in [2.24, 2.45) is 11.8 Å². The molecule has 1 fully saturated rings. The quantitative estimate of drug-likeness (QED) is 0.776. The summed E-state index contributed by atoms with van der Waals surface area (Å²) < 4.78 is 0. The normalized spacial score (nSPS) is 29.0. The van der Waals surface area contributed by atoms with E-state index in [1.165, 1.54) is 19.3 Å². The molecule has 0 aromatic heterocycles. The minimum Gasteiger partial charge on any atom is -0.396 e. The molecule has 1 aliphatic rings. The van der Waals surface area contributed by atoms with Gasteiger partial charge in [0.25, 0.3) is 0 Å². The van der Waals surface area contributed by atoms with Crippen molar-refractivity contribution in [1.29, 1.82) is 0 Å². The van der Waals surface area contributed by atoms with Gasteiger partial charge >= 0.3 is 0 Å². The van der Waals surface area contributed by atoms with Gasteiger partial charge in [-0.1, -0.05) is 31.5 Å². The van der Waals surface area contributed by atoms with Crippen molar-refractivity contribution >= 4 is 23.0 Å². The summed E-state index contributed by atoms with van der Waals surface area (Å²) in [5.41, 5.74) is 7.61. The van der Waals surface area contributed by atoms with Crippen molar-refractivity contribution in [3.05, 3.63) is 23.2 Å². The van der Waals surface area contributed by atoms with Crippen molar-refractivity contribution in [3.8, 4) is 0 Å². The average molecular weight is 253 g/mol. The summed E-state index contributed by atoms with van der Waals surface area (Å²) in [5, 5.41) is 4.16. The number of nitrogen functional groups attached to an aromatic ring is 1. The first kappa shape index (κ1) is 12.6. The van der Waals surface area contributed by atoms with Crippen LogP contribution in [0.15, 0.2) is 18.2 Å². The molecule has 0 spiro atoms. The van der Waals surface area contributed by atoms with Gasteiger partial charge in [-0.05, 0) is 43.2 Å². The maximum Gasteiger partial charge on any atom is 0.0739 e. The van der Waals surface area contributed by atoms with Crippen LogP contribution in [0.1, 0.15) is 33.1 Å². The molecule has 0 saturated heterocycles. The second kappa shape index (κ2) is 5.18. The van der Waals surface area contributed by atoms with Gasteiger partial charge in [-0.2, -0.15) is 0 Å². The van der Waals surface area contributed by atoms with Gasteiger partial charge in [-0.15, -0.1) is 0 Å². The van der Waals surface area contributed by atoms with E-state index in [1.54, 1.807) is 0 Å². The van der Waals surface area contributed by atoms with Crippen molar-refractivity contribution < 1.29 is 0 Å². The first-order valence-electron chi connectivity index (χ1n) is 6.38. The highest BCUT2D eigenvalue weighted by atomic mass is 35.5. The standard InChI is InChI=1S/C14H21ClN2/c1-9-6-7-11(8-10(9)2)17-13-5-3-4-12(15)14(13)16/h3-5,9-11,17H,6-8,16H2,1-2H3. The molecule has 1 saturated carbocycles. The Morgan fingerprint density at radius 1 is 1.24 bits per heavy atom. The first-order valence-corrected chi connectivity index (χ1v) is 6.76. The lowest BCUT2D eigenvalue weighted by Gasteiger charge is -2.33. The number of benzene rings is 1. The van der Waals surface area contributed by atoms with Gasteiger partial charge in [0.05, 0.1) is 16.4 Å². The summed E-state index contributed by atoms with van der Waals surface area (Å²) in [6.45, 7) is 4.68. The van der Waals surface area contributed by atoms with E-state index in [-0.39, 0.29) is 0 Å². The molecule has 94 valence electrons. The highest BCUT2D eigenvalue weighted by Crippen LogP contribution is 2.33. The zero-order valence-electron chi connectivity index (χ0n) is 10.5. The van der Waals surface area contributed by atoms with Crippen molar-refractivity contribution in [2.45, 2.75) is 39.2 Å². The minimum atomic E-state index is 0.530. The summed E-state index contributed by atoms with van der Waals surface area (Å²) in [7, 11) is 0. The van der Waals surface area contributed by atoms with E-state index in [4.69, 9.17) is 17.3 Å². The lowest BCUT2D eigenvalue weighted by atomic mass is 9.79. The van der Waals surface area contributed by atoms with Gasteiger partial charge in [0.15, 0.2) is 0 Å². The van der Waals surface area contributed by atoms with Crippen molar-refractivity contribution in [1.82, 2.24) is 0 Å². The molecule has 1 aliphatic carbocycles. The van der Waals surface area contributed by atoms with Gasteiger partial charge < -0.3 is 11.1 Å². The number of nitrogens with one attached hydrogen (secondary N) is 1. The molecule has 0 radical (unpaired) electrons. The van der Waals surface area contributed by atoms with E-state index < -0.39 is 0 Å². The van der Waals surface area contributed by atoms with Crippen LogP contribution in [0, 0.1) is 11.8 Å². The fourth-order valence-corrected chi connectivity index (χ4v) is 2.74. The Kier molecular flexibility index (Phi) is 3.82. The number of rotatable bonds is 2. The second-order valence-electron chi connectivity index (χ2n) is 5.31. The van der Waals surface area contributed by atoms with E-state index in [0.29, 0.717) is 16.8 Å². The maximum absolute atomic E-state index is 6.02. The monoisotopic (exact) mass is 252 g/mol. The summed E-state index contributed by atoms with van der Waals surface area (Å²) >= 11 is 6.02. The van der Waals surface area contributed by atoms with Crippen LogP contribution in [0.3, 0.4) is 0 Å². The topological polar surface area (TPSA) is 38.0 Å². The molecule has 0 amide bonds. The Balaban J connectivity index is 2.04. The zero-order chi connectivity index (χ0) is 12.4.